The molecule has 25 heavy (non-hydrogen) atoms. The summed E-state index contributed by atoms with van der Waals surface area (Å²) in [7, 11) is 1.85. The number of hydrogen-bond donors (Lipinski definition) is 0. The van der Waals surface area contributed by atoms with Gasteiger partial charge in [0, 0.05) is 29.9 Å². The Kier molecular flexibility index (Phi) is 4.59. The number of hydrogen-bond acceptors (Lipinski definition) is 2. The molecule has 1 aromatic heterocycles. The van der Waals surface area contributed by atoms with Crippen LogP contribution < -0.4 is 0 Å². The average molecular weight is 336 g/mol. The molecule has 1 aromatic carbocycles. The Labute approximate surface area is 147 Å². The molecule has 2 aromatic rings. The maximum atomic E-state index is 13.2. The van der Waals surface area contributed by atoms with Crippen LogP contribution in [0.5, 0.6) is 0 Å². The molecule has 4 heteroatoms. The molecule has 1 aliphatic rings. The second-order valence-corrected chi connectivity index (χ2v) is 7.03. The highest BCUT2D eigenvalue weighted by Gasteiger charge is 2.38. The maximum Gasteiger partial charge on any atom is 0.231 e. The summed E-state index contributed by atoms with van der Waals surface area (Å²) in [6.07, 6.45) is 3.43. The van der Waals surface area contributed by atoms with Gasteiger partial charge >= 0.3 is 0 Å². The van der Waals surface area contributed by atoms with Crippen LogP contribution in [0.4, 0.5) is 4.39 Å². The fourth-order valence-electron chi connectivity index (χ4n) is 2.99. The third-order valence-electron chi connectivity index (χ3n) is 4.90. The summed E-state index contributed by atoms with van der Waals surface area (Å²) < 4.78 is 13.2. The fourth-order valence-corrected chi connectivity index (χ4v) is 2.99. The quantitative estimate of drug-likeness (QED) is 0.744. The van der Waals surface area contributed by atoms with Crippen LogP contribution in [0.1, 0.15) is 49.4 Å². The van der Waals surface area contributed by atoms with E-state index in [4.69, 9.17) is 0 Å². The van der Waals surface area contributed by atoms with Crippen LogP contribution in [0, 0.1) is 17.7 Å². The van der Waals surface area contributed by atoms with Crippen molar-refractivity contribution in [1.29, 1.82) is 0 Å². The predicted octanol–water partition coefficient (Wildman–Crippen LogP) is 3.73. The average Bonchev–Trinajstić information content (AvgIpc) is 2.59. The first-order chi connectivity index (χ1) is 11.9. The van der Waals surface area contributed by atoms with Gasteiger partial charge in [0.2, 0.25) is 5.91 Å². The molecular weight excluding hydrogens is 315 g/mol. The zero-order valence-corrected chi connectivity index (χ0v) is 14.7. The number of amides is 1. The monoisotopic (exact) mass is 336 g/mol. The lowest BCUT2D eigenvalue weighted by Crippen LogP contribution is -2.51. The van der Waals surface area contributed by atoms with Crippen LogP contribution in [0.3, 0.4) is 0 Å². The standard InChI is InChI=1S/C21H21FN2O/c1-21(2)12-11-18(20(25)24(21)3)19-10-9-16(14-23-19)8-7-15-5-4-6-17(22)13-15/h4-6,9-10,13-14,18H,11-12H2,1-3H3. The molecule has 0 radical (unpaired) electrons. The smallest absolute Gasteiger partial charge is 0.231 e. The number of likely N-dealkylation sites (N-methyl/N-ethyl adjacent to an activating group) is 1. The molecule has 0 N–H and O–H groups in total. The molecule has 1 unspecified atom stereocenters. The van der Waals surface area contributed by atoms with Crippen LogP contribution in [0.15, 0.2) is 42.6 Å². The van der Waals surface area contributed by atoms with Gasteiger partial charge in [-0.3, -0.25) is 9.78 Å². The van der Waals surface area contributed by atoms with E-state index >= 15 is 0 Å². The van der Waals surface area contributed by atoms with E-state index in [2.05, 4.69) is 30.7 Å². The number of pyridine rings is 1. The summed E-state index contributed by atoms with van der Waals surface area (Å²) >= 11 is 0. The number of aromatic nitrogens is 1. The lowest BCUT2D eigenvalue weighted by molar-refractivity contribution is -0.140. The van der Waals surface area contributed by atoms with Crippen molar-refractivity contribution < 1.29 is 9.18 Å². The molecule has 3 rings (SSSR count). The van der Waals surface area contributed by atoms with Gasteiger partial charge in [-0.25, -0.2) is 4.39 Å². The highest BCUT2D eigenvalue weighted by molar-refractivity contribution is 5.84. The van der Waals surface area contributed by atoms with Crippen molar-refractivity contribution in [3.8, 4) is 11.8 Å². The van der Waals surface area contributed by atoms with E-state index in [1.54, 1.807) is 18.3 Å². The van der Waals surface area contributed by atoms with Gasteiger partial charge < -0.3 is 4.90 Å². The van der Waals surface area contributed by atoms with Gasteiger partial charge in [-0.15, -0.1) is 0 Å². The molecule has 0 bridgehead atoms. The van der Waals surface area contributed by atoms with Crippen LogP contribution in [0.2, 0.25) is 0 Å². The molecule has 1 fully saturated rings. The normalized spacial score (nSPS) is 19.3. The topological polar surface area (TPSA) is 33.2 Å². The minimum atomic E-state index is -0.303. The van der Waals surface area contributed by atoms with Gasteiger partial charge in [-0.2, -0.15) is 0 Å². The van der Waals surface area contributed by atoms with E-state index in [0.717, 1.165) is 24.1 Å². The Hall–Kier alpha value is -2.67. The van der Waals surface area contributed by atoms with E-state index < -0.39 is 0 Å². The van der Waals surface area contributed by atoms with Gasteiger partial charge in [0.05, 0.1) is 11.6 Å². The van der Waals surface area contributed by atoms with Crippen LogP contribution >= 0.6 is 0 Å². The van der Waals surface area contributed by atoms with Crippen molar-refractivity contribution in [1.82, 2.24) is 9.88 Å². The lowest BCUT2D eigenvalue weighted by atomic mass is 9.83. The number of halogens is 1. The van der Waals surface area contributed by atoms with Gasteiger partial charge in [0.1, 0.15) is 5.82 Å². The van der Waals surface area contributed by atoms with Crippen LogP contribution in [-0.4, -0.2) is 28.4 Å². The summed E-state index contributed by atoms with van der Waals surface area (Å²) in [4.78, 5) is 18.9. The predicted molar refractivity (Wildman–Crippen MR) is 95.4 cm³/mol. The first-order valence-electron chi connectivity index (χ1n) is 8.38. The highest BCUT2D eigenvalue weighted by Crippen LogP contribution is 2.34. The zero-order valence-electron chi connectivity index (χ0n) is 14.7. The van der Waals surface area contributed by atoms with E-state index in [1.807, 2.05) is 24.1 Å². The molecule has 1 aliphatic heterocycles. The molecule has 1 saturated heterocycles. The van der Waals surface area contributed by atoms with Gasteiger partial charge in [-0.05, 0) is 57.0 Å². The number of carbonyl (C=O) groups is 1. The summed E-state index contributed by atoms with van der Waals surface area (Å²) in [6, 6.07) is 9.91. The van der Waals surface area contributed by atoms with Crippen molar-refractivity contribution in [3.05, 3.63) is 65.2 Å². The number of piperidine rings is 1. The number of likely N-dealkylation sites (tertiary alicyclic amines) is 1. The van der Waals surface area contributed by atoms with Gasteiger partial charge in [0.15, 0.2) is 0 Å². The molecule has 2 heterocycles. The minimum Gasteiger partial charge on any atom is -0.340 e. The van der Waals surface area contributed by atoms with Crippen LogP contribution in [0.25, 0.3) is 0 Å². The Bertz CT molecular complexity index is 846. The summed E-state index contributed by atoms with van der Waals surface area (Å²) in [5.41, 5.74) is 2.04. The summed E-state index contributed by atoms with van der Waals surface area (Å²) in [5, 5.41) is 0. The van der Waals surface area contributed by atoms with Gasteiger partial charge in [0.25, 0.3) is 0 Å². The largest absolute Gasteiger partial charge is 0.340 e. The molecule has 0 saturated carbocycles. The van der Waals surface area contributed by atoms with Crippen molar-refractivity contribution in [2.24, 2.45) is 0 Å². The van der Waals surface area contributed by atoms with Crippen molar-refractivity contribution in [2.75, 3.05) is 7.05 Å². The molecule has 128 valence electrons. The van der Waals surface area contributed by atoms with E-state index in [9.17, 15) is 9.18 Å². The second kappa shape index (κ2) is 6.68. The number of carbonyl (C=O) groups excluding carboxylic acids is 1. The fraction of sp³-hybridized carbons (Fsp3) is 0.333. The first kappa shape index (κ1) is 17.2. The Morgan fingerprint density at radius 3 is 2.64 bits per heavy atom. The molecular formula is C21H21FN2O. The van der Waals surface area contributed by atoms with E-state index in [-0.39, 0.29) is 23.2 Å². The van der Waals surface area contributed by atoms with Gasteiger partial charge in [-0.1, -0.05) is 17.9 Å². The first-order valence-corrected chi connectivity index (χ1v) is 8.38. The van der Waals surface area contributed by atoms with E-state index in [1.165, 1.54) is 12.1 Å². The summed E-state index contributed by atoms with van der Waals surface area (Å²) in [6.45, 7) is 4.17. The van der Waals surface area contributed by atoms with E-state index in [0.29, 0.717) is 5.56 Å². The molecule has 1 atom stereocenters. The Morgan fingerprint density at radius 1 is 1.20 bits per heavy atom. The Morgan fingerprint density at radius 2 is 1.96 bits per heavy atom. The van der Waals surface area contributed by atoms with Crippen molar-refractivity contribution in [3.63, 3.8) is 0 Å². The lowest BCUT2D eigenvalue weighted by Gasteiger charge is -2.42. The molecule has 3 nitrogen and oxygen atoms in total. The van der Waals surface area contributed by atoms with Crippen LogP contribution in [-0.2, 0) is 4.79 Å². The third-order valence-corrected chi connectivity index (χ3v) is 4.90. The summed E-state index contributed by atoms with van der Waals surface area (Å²) in [5.74, 6) is 5.52. The number of benzene rings is 1. The highest BCUT2D eigenvalue weighted by atomic mass is 19.1. The molecule has 0 spiro atoms. The minimum absolute atomic E-state index is 0.107. The number of rotatable bonds is 1. The zero-order chi connectivity index (χ0) is 18.0. The second-order valence-electron chi connectivity index (χ2n) is 7.03. The third kappa shape index (κ3) is 3.71. The molecule has 1 amide bonds. The van der Waals surface area contributed by atoms with Crippen molar-refractivity contribution in [2.45, 2.75) is 38.1 Å². The SMILES string of the molecule is CN1C(=O)C(c2ccc(C#Cc3cccc(F)c3)cn2)CCC1(C)C. The molecule has 0 aliphatic carbocycles. The maximum absolute atomic E-state index is 13.2. The van der Waals surface area contributed by atoms with Crippen molar-refractivity contribution >= 4 is 5.91 Å². The Balaban J connectivity index is 1.76. The number of nitrogens with zero attached hydrogens (tertiary/aromatic N) is 2.